The number of amides is 1. The number of hydrogen-bond acceptors (Lipinski definition) is 4. The van der Waals surface area contributed by atoms with Crippen molar-refractivity contribution in [3.8, 4) is 5.75 Å². The minimum Gasteiger partial charge on any atom is -0.495 e. The highest BCUT2D eigenvalue weighted by molar-refractivity contribution is 7.92. The second-order valence-corrected chi connectivity index (χ2v) is 8.98. The lowest BCUT2D eigenvalue weighted by atomic mass is 10.2. The molecule has 0 unspecified atom stereocenters. The van der Waals surface area contributed by atoms with Gasteiger partial charge in [0.25, 0.3) is 10.0 Å². The van der Waals surface area contributed by atoms with E-state index in [0.717, 1.165) is 17.7 Å². The largest absolute Gasteiger partial charge is 0.495 e. The molecule has 33 heavy (non-hydrogen) atoms. The Morgan fingerprint density at radius 2 is 1.67 bits per heavy atom. The third-order valence-electron chi connectivity index (χ3n) is 4.74. The number of benzene rings is 3. The number of nitrogens with zero attached hydrogens (tertiary/aromatic N) is 1. The molecule has 0 fully saturated rings. The van der Waals surface area contributed by atoms with Crippen molar-refractivity contribution in [1.82, 2.24) is 0 Å². The van der Waals surface area contributed by atoms with Crippen LogP contribution in [0.15, 0.2) is 77.7 Å². The van der Waals surface area contributed by atoms with Gasteiger partial charge in [-0.1, -0.05) is 35.9 Å². The monoisotopic (exact) mass is 478 g/mol. The molecule has 3 aromatic carbocycles. The molecule has 10 heteroatoms. The van der Waals surface area contributed by atoms with E-state index in [-0.39, 0.29) is 10.6 Å². The highest BCUT2D eigenvalue weighted by Crippen LogP contribution is 2.33. The van der Waals surface area contributed by atoms with E-state index in [9.17, 15) is 26.4 Å². The zero-order valence-electron chi connectivity index (χ0n) is 17.8. The van der Waals surface area contributed by atoms with Crippen LogP contribution in [0.5, 0.6) is 5.75 Å². The molecule has 3 aromatic rings. The number of methoxy groups -OCH3 is 1. The van der Waals surface area contributed by atoms with Crippen LogP contribution in [0.4, 0.5) is 24.5 Å². The number of alkyl halides is 3. The third kappa shape index (κ3) is 5.64. The number of carbonyl (C=O) groups excluding carboxylic acids is 1. The first-order valence-corrected chi connectivity index (χ1v) is 11.2. The molecule has 0 bridgehead atoms. The van der Waals surface area contributed by atoms with Crippen molar-refractivity contribution in [3.05, 3.63) is 83.9 Å². The SMILES string of the molecule is COc1ccccc1NC(=O)CN(c1cccc(C(F)(F)F)c1)S(=O)(=O)c1ccc(C)cc1. The Balaban J connectivity index is 2.02. The standard InChI is InChI=1S/C23H21F3N2O4S/c1-16-10-12-19(13-11-16)33(30,31)28(18-7-5-6-17(14-18)23(24,25)26)15-22(29)27-20-8-3-4-9-21(20)32-2/h3-14H,15H2,1-2H3,(H,27,29). The minimum atomic E-state index is -4.69. The van der Waals surface area contributed by atoms with Crippen LogP contribution >= 0.6 is 0 Å². The van der Waals surface area contributed by atoms with E-state index in [1.54, 1.807) is 43.3 Å². The Bertz CT molecular complexity index is 1240. The summed E-state index contributed by atoms with van der Waals surface area (Å²) in [6.45, 7) is 1.01. The van der Waals surface area contributed by atoms with Crippen molar-refractivity contribution in [3.63, 3.8) is 0 Å². The maximum Gasteiger partial charge on any atom is 0.416 e. The predicted molar refractivity (Wildman–Crippen MR) is 119 cm³/mol. The average Bonchev–Trinajstić information content (AvgIpc) is 2.77. The fourth-order valence-electron chi connectivity index (χ4n) is 3.06. The Labute approximate surface area is 189 Å². The number of anilines is 2. The van der Waals surface area contributed by atoms with Gasteiger partial charge in [0.1, 0.15) is 12.3 Å². The van der Waals surface area contributed by atoms with Crippen LogP contribution in [-0.2, 0) is 21.0 Å². The molecule has 6 nitrogen and oxygen atoms in total. The van der Waals surface area contributed by atoms with Crippen LogP contribution in [0.2, 0.25) is 0 Å². The fraction of sp³-hybridized carbons (Fsp3) is 0.174. The van der Waals surface area contributed by atoms with E-state index in [4.69, 9.17) is 4.74 Å². The van der Waals surface area contributed by atoms with Crippen molar-refractivity contribution in [2.45, 2.75) is 18.0 Å². The van der Waals surface area contributed by atoms with Crippen molar-refractivity contribution < 1.29 is 31.1 Å². The number of sulfonamides is 1. The lowest BCUT2D eigenvalue weighted by Crippen LogP contribution is -2.38. The van der Waals surface area contributed by atoms with Gasteiger partial charge in [0, 0.05) is 0 Å². The smallest absolute Gasteiger partial charge is 0.416 e. The zero-order chi connectivity index (χ0) is 24.2. The number of hydrogen-bond donors (Lipinski definition) is 1. The second kappa shape index (κ2) is 9.53. The van der Waals surface area contributed by atoms with Crippen LogP contribution in [0, 0.1) is 6.92 Å². The van der Waals surface area contributed by atoms with Gasteiger partial charge in [-0.05, 0) is 49.4 Å². The molecule has 0 aromatic heterocycles. The fourth-order valence-corrected chi connectivity index (χ4v) is 4.47. The van der Waals surface area contributed by atoms with Gasteiger partial charge < -0.3 is 10.1 Å². The van der Waals surface area contributed by atoms with Gasteiger partial charge in [0.15, 0.2) is 0 Å². The second-order valence-electron chi connectivity index (χ2n) is 7.12. The molecule has 1 amide bonds. The van der Waals surface area contributed by atoms with Crippen molar-refractivity contribution in [2.75, 3.05) is 23.3 Å². The molecule has 0 heterocycles. The molecule has 1 N–H and O–H groups in total. The highest BCUT2D eigenvalue weighted by Gasteiger charge is 2.33. The lowest BCUT2D eigenvalue weighted by molar-refractivity contribution is -0.137. The van der Waals surface area contributed by atoms with Crippen molar-refractivity contribution >= 4 is 27.3 Å². The van der Waals surface area contributed by atoms with Crippen LogP contribution in [0.1, 0.15) is 11.1 Å². The van der Waals surface area contributed by atoms with E-state index in [1.165, 1.54) is 25.3 Å². The molecule has 3 rings (SSSR count). The molecule has 174 valence electrons. The molecule has 0 aliphatic rings. The molecule has 0 saturated carbocycles. The Morgan fingerprint density at radius 3 is 2.30 bits per heavy atom. The van der Waals surface area contributed by atoms with E-state index >= 15 is 0 Å². The molecule has 0 aliphatic carbocycles. The number of para-hydroxylation sites is 2. The average molecular weight is 478 g/mol. The van der Waals surface area contributed by atoms with E-state index in [1.807, 2.05) is 0 Å². The number of halogens is 3. The van der Waals surface area contributed by atoms with Crippen molar-refractivity contribution in [1.29, 1.82) is 0 Å². The summed E-state index contributed by atoms with van der Waals surface area (Å²) in [6, 6.07) is 16.1. The Kier molecular flexibility index (Phi) is 6.97. The van der Waals surface area contributed by atoms with Gasteiger partial charge in [-0.25, -0.2) is 8.42 Å². The van der Waals surface area contributed by atoms with Gasteiger partial charge >= 0.3 is 6.18 Å². The maximum atomic E-state index is 13.4. The summed E-state index contributed by atoms with van der Waals surface area (Å²) in [5, 5.41) is 2.55. The number of rotatable bonds is 7. The molecule has 0 aliphatic heterocycles. The summed E-state index contributed by atoms with van der Waals surface area (Å²) in [6.07, 6.45) is -4.69. The van der Waals surface area contributed by atoms with E-state index < -0.39 is 34.2 Å². The summed E-state index contributed by atoms with van der Waals surface area (Å²) in [4.78, 5) is 12.6. The summed E-state index contributed by atoms with van der Waals surface area (Å²) in [7, 11) is -2.96. The van der Waals surface area contributed by atoms with Crippen LogP contribution in [0.25, 0.3) is 0 Å². The molecule has 0 radical (unpaired) electrons. The third-order valence-corrected chi connectivity index (χ3v) is 6.53. The molecule has 0 spiro atoms. The molecular formula is C23H21F3N2O4S. The number of aryl methyl sites for hydroxylation is 1. The number of carbonyl (C=O) groups is 1. The van der Waals surface area contributed by atoms with E-state index in [2.05, 4.69) is 5.32 Å². The van der Waals surface area contributed by atoms with Crippen LogP contribution in [0.3, 0.4) is 0 Å². The van der Waals surface area contributed by atoms with Crippen molar-refractivity contribution in [2.24, 2.45) is 0 Å². The Hall–Kier alpha value is -3.53. The highest BCUT2D eigenvalue weighted by atomic mass is 32.2. The first-order chi connectivity index (χ1) is 15.5. The van der Waals surface area contributed by atoms with Crippen LogP contribution in [-0.4, -0.2) is 28.0 Å². The minimum absolute atomic E-state index is 0.157. The first kappa shape index (κ1) is 24.1. The Morgan fingerprint density at radius 1 is 1.00 bits per heavy atom. The quantitative estimate of drug-likeness (QED) is 0.527. The van der Waals surface area contributed by atoms with Gasteiger partial charge in [-0.15, -0.1) is 0 Å². The zero-order valence-corrected chi connectivity index (χ0v) is 18.6. The van der Waals surface area contributed by atoms with E-state index in [0.29, 0.717) is 21.8 Å². The lowest BCUT2D eigenvalue weighted by Gasteiger charge is -2.25. The van der Waals surface area contributed by atoms with Gasteiger partial charge in [0.05, 0.1) is 28.9 Å². The predicted octanol–water partition coefficient (Wildman–Crippen LogP) is 4.86. The van der Waals surface area contributed by atoms with Crippen LogP contribution < -0.4 is 14.4 Å². The number of nitrogens with one attached hydrogen (secondary N) is 1. The normalized spacial score (nSPS) is 11.7. The number of ether oxygens (including phenoxy) is 1. The van der Waals surface area contributed by atoms with Gasteiger partial charge in [-0.3, -0.25) is 9.10 Å². The summed E-state index contributed by atoms with van der Waals surface area (Å²) in [5.41, 5.74) is -0.231. The molecular weight excluding hydrogens is 457 g/mol. The summed E-state index contributed by atoms with van der Waals surface area (Å²) in [5.74, 6) is -0.412. The summed E-state index contributed by atoms with van der Waals surface area (Å²) < 4.78 is 72.3. The molecule has 0 atom stereocenters. The molecule has 0 saturated heterocycles. The summed E-state index contributed by atoms with van der Waals surface area (Å²) >= 11 is 0. The topological polar surface area (TPSA) is 75.7 Å². The first-order valence-electron chi connectivity index (χ1n) is 9.72. The maximum absolute atomic E-state index is 13.4. The van der Waals surface area contributed by atoms with Gasteiger partial charge in [0.2, 0.25) is 5.91 Å². The van der Waals surface area contributed by atoms with Gasteiger partial charge in [-0.2, -0.15) is 13.2 Å².